The summed E-state index contributed by atoms with van der Waals surface area (Å²) >= 11 is 0. The van der Waals surface area contributed by atoms with Gasteiger partial charge in [0.1, 0.15) is 0 Å². The molecule has 0 N–H and O–H groups in total. The van der Waals surface area contributed by atoms with E-state index in [9.17, 15) is 4.79 Å². The summed E-state index contributed by atoms with van der Waals surface area (Å²) < 4.78 is 4.70. The van der Waals surface area contributed by atoms with Crippen LogP contribution < -0.4 is 0 Å². The molecule has 0 heterocycles. The zero-order valence-corrected chi connectivity index (χ0v) is 12.2. The van der Waals surface area contributed by atoms with E-state index in [0.717, 1.165) is 13.1 Å². The zero-order chi connectivity index (χ0) is 14.3. The molecule has 104 valence electrons. The Hall–Kier alpha value is -1.61. The van der Waals surface area contributed by atoms with Crippen molar-refractivity contribution in [1.29, 1.82) is 0 Å². The molecule has 3 nitrogen and oxygen atoms in total. The third kappa shape index (κ3) is 5.26. The van der Waals surface area contributed by atoms with Gasteiger partial charge in [-0.25, -0.2) is 4.79 Å². The molecule has 1 aromatic carbocycles. The van der Waals surface area contributed by atoms with Crippen molar-refractivity contribution < 1.29 is 9.53 Å². The largest absolute Gasteiger partial charge is 0.466 e. The summed E-state index contributed by atoms with van der Waals surface area (Å²) in [6.07, 6.45) is 1.93. The van der Waals surface area contributed by atoms with Crippen LogP contribution in [0.4, 0.5) is 0 Å². The van der Waals surface area contributed by atoms with E-state index < -0.39 is 0 Å². The summed E-state index contributed by atoms with van der Waals surface area (Å²) in [7, 11) is 1.41. The van der Waals surface area contributed by atoms with Crippen molar-refractivity contribution in [1.82, 2.24) is 4.90 Å². The standard InChI is InChI=1S/C16H23NO2/c1-13(2)17(11-10-14(3)16(18)19-4)12-15-8-6-5-7-9-15/h5-10,13H,11-12H2,1-4H3. The zero-order valence-electron chi connectivity index (χ0n) is 12.2. The first kappa shape index (κ1) is 15.4. The molecular formula is C16H23NO2. The van der Waals surface area contributed by atoms with Gasteiger partial charge in [0.15, 0.2) is 0 Å². The molecule has 0 atom stereocenters. The van der Waals surface area contributed by atoms with E-state index in [2.05, 4.69) is 30.9 Å². The van der Waals surface area contributed by atoms with E-state index >= 15 is 0 Å². The lowest BCUT2D eigenvalue weighted by atomic mass is 10.2. The molecule has 0 aliphatic heterocycles. The van der Waals surface area contributed by atoms with Crippen LogP contribution in [0.2, 0.25) is 0 Å². The average Bonchev–Trinajstić information content (AvgIpc) is 2.42. The van der Waals surface area contributed by atoms with Gasteiger partial charge in [-0.3, -0.25) is 4.90 Å². The molecule has 0 aromatic heterocycles. The Labute approximate surface area is 115 Å². The van der Waals surface area contributed by atoms with E-state index in [-0.39, 0.29) is 5.97 Å². The Balaban J connectivity index is 2.67. The number of benzene rings is 1. The second kappa shape index (κ2) is 7.74. The molecule has 19 heavy (non-hydrogen) atoms. The molecule has 0 aliphatic rings. The number of ether oxygens (including phenoxy) is 1. The van der Waals surface area contributed by atoms with Crippen LogP contribution >= 0.6 is 0 Å². The second-order valence-corrected chi connectivity index (χ2v) is 4.89. The molecule has 0 bridgehead atoms. The predicted octanol–water partition coefficient (Wildman–Crippen LogP) is 3.02. The predicted molar refractivity (Wildman–Crippen MR) is 77.8 cm³/mol. The fourth-order valence-corrected chi connectivity index (χ4v) is 1.77. The van der Waals surface area contributed by atoms with Crippen LogP contribution in [0.3, 0.4) is 0 Å². The number of nitrogens with zero attached hydrogens (tertiary/aromatic N) is 1. The molecule has 1 rings (SSSR count). The van der Waals surface area contributed by atoms with Crippen LogP contribution in [0.15, 0.2) is 42.0 Å². The van der Waals surface area contributed by atoms with Gasteiger partial charge >= 0.3 is 5.97 Å². The third-order valence-corrected chi connectivity index (χ3v) is 3.10. The first-order valence-corrected chi connectivity index (χ1v) is 6.57. The fraction of sp³-hybridized carbons (Fsp3) is 0.438. The van der Waals surface area contributed by atoms with Gasteiger partial charge in [0.25, 0.3) is 0 Å². The van der Waals surface area contributed by atoms with E-state index in [4.69, 9.17) is 4.74 Å². The van der Waals surface area contributed by atoms with Gasteiger partial charge in [-0.2, -0.15) is 0 Å². The Morgan fingerprint density at radius 1 is 1.32 bits per heavy atom. The van der Waals surface area contributed by atoms with Gasteiger partial charge in [-0.1, -0.05) is 36.4 Å². The molecule has 3 heteroatoms. The van der Waals surface area contributed by atoms with E-state index in [1.807, 2.05) is 24.3 Å². The van der Waals surface area contributed by atoms with Crippen LogP contribution in [0, 0.1) is 0 Å². The molecule has 1 aromatic rings. The molecule has 0 saturated heterocycles. The third-order valence-electron chi connectivity index (χ3n) is 3.10. The minimum Gasteiger partial charge on any atom is -0.466 e. The SMILES string of the molecule is COC(=O)C(C)=CCN(Cc1ccccc1)C(C)C. The highest BCUT2D eigenvalue weighted by Gasteiger charge is 2.10. The van der Waals surface area contributed by atoms with Gasteiger partial charge < -0.3 is 4.74 Å². The summed E-state index contributed by atoms with van der Waals surface area (Å²) in [6.45, 7) is 7.72. The maximum absolute atomic E-state index is 11.3. The monoisotopic (exact) mass is 261 g/mol. The van der Waals surface area contributed by atoms with Gasteiger partial charge in [0.05, 0.1) is 7.11 Å². The number of carbonyl (C=O) groups is 1. The number of carbonyl (C=O) groups excluding carboxylic acids is 1. The van der Waals surface area contributed by atoms with Crippen molar-refractivity contribution in [3.05, 3.63) is 47.5 Å². The minimum absolute atomic E-state index is 0.261. The van der Waals surface area contributed by atoms with Gasteiger partial charge in [-0.15, -0.1) is 0 Å². The van der Waals surface area contributed by atoms with E-state index in [0.29, 0.717) is 11.6 Å². The van der Waals surface area contributed by atoms with Crippen LogP contribution in [0.1, 0.15) is 26.3 Å². The molecular weight excluding hydrogens is 238 g/mol. The van der Waals surface area contributed by atoms with Crippen molar-refractivity contribution in [3.8, 4) is 0 Å². The molecule has 0 saturated carbocycles. The first-order chi connectivity index (χ1) is 9.04. The Kier molecular flexibility index (Phi) is 6.30. The molecule has 0 spiro atoms. The summed E-state index contributed by atoms with van der Waals surface area (Å²) in [5.41, 5.74) is 1.93. The summed E-state index contributed by atoms with van der Waals surface area (Å²) in [6, 6.07) is 10.8. The number of hydrogen-bond acceptors (Lipinski definition) is 3. The first-order valence-electron chi connectivity index (χ1n) is 6.57. The number of esters is 1. The Bertz CT molecular complexity index is 424. The molecule has 0 fully saturated rings. The smallest absolute Gasteiger partial charge is 0.333 e. The molecule has 0 unspecified atom stereocenters. The van der Waals surface area contributed by atoms with Crippen molar-refractivity contribution in [2.45, 2.75) is 33.4 Å². The lowest BCUT2D eigenvalue weighted by Crippen LogP contribution is -2.30. The highest BCUT2D eigenvalue weighted by molar-refractivity contribution is 5.87. The summed E-state index contributed by atoms with van der Waals surface area (Å²) in [5.74, 6) is -0.261. The van der Waals surface area contributed by atoms with Crippen molar-refractivity contribution in [2.24, 2.45) is 0 Å². The number of methoxy groups -OCH3 is 1. The maximum atomic E-state index is 11.3. The van der Waals surface area contributed by atoms with Crippen LogP contribution in [-0.4, -0.2) is 30.6 Å². The summed E-state index contributed by atoms with van der Waals surface area (Å²) in [5, 5.41) is 0. The van der Waals surface area contributed by atoms with Crippen molar-refractivity contribution in [3.63, 3.8) is 0 Å². The average molecular weight is 261 g/mol. The van der Waals surface area contributed by atoms with Crippen LogP contribution in [-0.2, 0) is 16.1 Å². The van der Waals surface area contributed by atoms with Gasteiger partial charge in [0, 0.05) is 24.7 Å². The molecule has 0 radical (unpaired) electrons. The second-order valence-electron chi connectivity index (χ2n) is 4.89. The van der Waals surface area contributed by atoms with E-state index in [1.54, 1.807) is 6.92 Å². The lowest BCUT2D eigenvalue weighted by molar-refractivity contribution is -0.136. The summed E-state index contributed by atoms with van der Waals surface area (Å²) in [4.78, 5) is 13.7. The highest BCUT2D eigenvalue weighted by atomic mass is 16.5. The molecule has 0 amide bonds. The van der Waals surface area contributed by atoms with Crippen LogP contribution in [0.25, 0.3) is 0 Å². The minimum atomic E-state index is -0.261. The van der Waals surface area contributed by atoms with Crippen molar-refractivity contribution >= 4 is 5.97 Å². The van der Waals surface area contributed by atoms with Gasteiger partial charge in [-0.05, 0) is 26.3 Å². The van der Waals surface area contributed by atoms with E-state index in [1.165, 1.54) is 12.7 Å². The van der Waals surface area contributed by atoms with Crippen molar-refractivity contribution in [2.75, 3.05) is 13.7 Å². The highest BCUT2D eigenvalue weighted by Crippen LogP contribution is 2.09. The Morgan fingerprint density at radius 3 is 2.47 bits per heavy atom. The fourth-order valence-electron chi connectivity index (χ4n) is 1.77. The van der Waals surface area contributed by atoms with Gasteiger partial charge in [0.2, 0.25) is 0 Å². The lowest BCUT2D eigenvalue weighted by Gasteiger charge is -2.25. The maximum Gasteiger partial charge on any atom is 0.333 e. The normalized spacial score (nSPS) is 12.0. The molecule has 0 aliphatic carbocycles. The number of hydrogen-bond donors (Lipinski definition) is 0. The van der Waals surface area contributed by atoms with Crippen LogP contribution in [0.5, 0.6) is 0 Å². The number of rotatable bonds is 6. The Morgan fingerprint density at radius 2 is 1.95 bits per heavy atom. The topological polar surface area (TPSA) is 29.5 Å². The quantitative estimate of drug-likeness (QED) is 0.582.